The molecular formula is C31H39F3N6O3S. The number of nitrogens with one attached hydrogen (secondary N) is 2. The molecule has 0 bridgehead atoms. The third kappa shape index (κ3) is 7.62. The van der Waals surface area contributed by atoms with Gasteiger partial charge in [0.2, 0.25) is 17.7 Å². The number of amides is 2. The van der Waals surface area contributed by atoms with Crippen LogP contribution in [0.25, 0.3) is 11.3 Å². The van der Waals surface area contributed by atoms with Crippen molar-refractivity contribution in [1.82, 2.24) is 25.5 Å². The van der Waals surface area contributed by atoms with Gasteiger partial charge in [-0.2, -0.15) is 13.2 Å². The van der Waals surface area contributed by atoms with Crippen LogP contribution in [0, 0.1) is 5.92 Å². The number of thioether (sulfide) groups is 1. The van der Waals surface area contributed by atoms with Gasteiger partial charge < -0.3 is 20.8 Å². The van der Waals surface area contributed by atoms with Crippen molar-refractivity contribution >= 4 is 23.6 Å². The fourth-order valence-corrected chi connectivity index (χ4v) is 6.26. The van der Waals surface area contributed by atoms with E-state index in [1.807, 2.05) is 47.6 Å². The molecular weight excluding hydrogens is 593 g/mol. The van der Waals surface area contributed by atoms with Crippen LogP contribution in [0.2, 0.25) is 0 Å². The number of nitrogens with zero attached hydrogens (tertiary/aromatic N) is 3. The van der Waals surface area contributed by atoms with Crippen LogP contribution in [0.3, 0.4) is 0 Å². The Kier molecular flexibility index (Phi) is 10.7. The summed E-state index contributed by atoms with van der Waals surface area (Å²) < 4.78 is 46.1. The number of primary amides is 1. The number of hydrogen-bond acceptors (Lipinski definition) is 8. The molecule has 2 amide bonds. The first-order valence-corrected chi connectivity index (χ1v) is 15.7. The lowest BCUT2D eigenvalue weighted by Gasteiger charge is -2.53. The number of carbonyl (C=O) groups is 2. The summed E-state index contributed by atoms with van der Waals surface area (Å²) in [5.74, 6) is -0.994. The van der Waals surface area contributed by atoms with E-state index in [1.54, 1.807) is 32.4 Å². The van der Waals surface area contributed by atoms with E-state index in [-0.39, 0.29) is 12.4 Å². The summed E-state index contributed by atoms with van der Waals surface area (Å²) in [6.07, 6.45) is 3.67. The number of oxazole rings is 1. The summed E-state index contributed by atoms with van der Waals surface area (Å²) in [6.45, 7) is 3.36. The zero-order chi connectivity index (χ0) is 32.0. The molecule has 0 radical (unpaired) electrons. The molecule has 2 atom stereocenters. The zero-order valence-electron chi connectivity index (χ0n) is 25.1. The first-order chi connectivity index (χ1) is 20.9. The normalized spacial score (nSPS) is 18.6. The molecule has 1 saturated heterocycles. The molecule has 4 N–H and O–H groups in total. The molecule has 0 saturated carbocycles. The maximum absolute atomic E-state index is 14.0. The second kappa shape index (κ2) is 14.1. The largest absolute Gasteiger partial charge is 0.440 e. The lowest BCUT2D eigenvalue weighted by molar-refractivity contribution is -0.152. The van der Waals surface area contributed by atoms with Gasteiger partial charge >= 0.3 is 6.18 Å². The standard InChI is InChI=1S/C31H39F3N6O3S/c1-29(2,28-38-18-25(43-28)23-15-24(44-3)17-37-16-23)30(27(42)39-20-31(32,33)34)19-36-11-13-40(30)12-7-10-22(26(35)41)14-21-8-5-4-6-9-21/h4-6,8-9,15-18,22,36H,7,10-14,19-20H2,1-3H3,(H2,35,41)(H,39,42). The second-order valence-corrected chi connectivity index (χ2v) is 12.4. The van der Waals surface area contributed by atoms with Crippen molar-refractivity contribution in [2.75, 3.05) is 39.0 Å². The molecule has 1 aromatic carbocycles. The summed E-state index contributed by atoms with van der Waals surface area (Å²) in [5.41, 5.74) is 4.73. The SMILES string of the molecule is CSc1cncc(-c2cnc(C(C)(C)C3(C(=O)NCC(F)(F)F)CNCCN3CCCC(Cc3ccccc3)C(N)=O)o2)c1. The van der Waals surface area contributed by atoms with Crippen LogP contribution in [0.1, 0.15) is 38.1 Å². The average Bonchev–Trinajstić information content (AvgIpc) is 3.51. The summed E-state index contributed by atoms with van der Waals surface area (Å²) in [4.78, 5) is 37.9. The van der Waals surface area contributed by atoms with Gasteiger partial charge in [-0.1, -0.05) is 30.3 Å². The molecule has 2 aromatic heterocycles. The molecule has 44 heavy (non-hydrogen) atoms. The Hall–Kier alpha value is -3.42. The minimum absolute atomic E-state index is 0.0637. The monoisotopic (exact) mass is 632 g/mol. The molecule has 9 nitrogen and oxygen atoms in total. The summed E-state index contributed by atoms with van der Waals surface area (Å²) in [6, 6.07) is 11.5. The van der Waals surface area contributed by atoms with Gasteiger partial charge in [0.1, 0.15) is 12.1 Å². The highest BCUT2D eigenvalue weighted by molar-refractivity contribution is 7.98. The van der Waals surface area contributed by atoms with Crippen LogP contribution in [0.4, 0.5) is 13.2 Å². The topological polar surface area (TPSA) is 126 Å². The highest BCUT2D eigenvalue weighted by atomic mass is 32.2. The number of hydrogen-bond donors (Lipinski definition) is 3. The summed E-state index contributed by atoms with van der Waals surface area (Å²) >= 11 is 1.52. The molecule has 1 fully saturated rings. The molecule has 3 aromatic rings. The fraction of sp³-hybridized carbons (Fsp3) is 0.484. The van der Waals surface area contributed by atoms with E-state index >= 15 is 0 Å². The quantitative estimate of drug-likeness (QED) is 0.240. The van der Waals surface area contributed by atoms with Crippen molar-refractivity contribution in [2.24, 2.45) is 11.7 Å². The van der Waals surface area contributed by atoms with Crippen LogP contribution >= 0.6 is 11.8 Å². The fourth-order valence-electron chi connectivity index (χ4n) is 5.85. The number of aromatic nitrogens is 2. The van der Waals surface area contributed by atoms with Crippen molar-refractivity contribution in [2.45, 2.75) is 55.1 Å². The highest BCUT2D eigenvalue weighted by Gasteiger charge is 2.59. The molecule has 2 unspecified atom stereocenters. The maximum Gasteiger partial charge on any atom is 0.405 e. The van der Waals surface area contributed by atoms with Crippen LogP contribution < -0.4 is 16.4 Å². The van der Waals surface area contributed by atoms with E-state index in [9.17, 15) is 22.8 Å². The number of pyridine rings is 1. The smallest absolute Gasteiger partial charge is 0.405 e. The zero-order valence-corrected chi connectivity index (χ0v) is 25.9. The van der Waals surface area contributed by atoms with Crippen LogP contribution in [0.5, 0.6) is 0 Å². The number of alkyl halides is 3. The third-order valence-electron chi connectivity index (χ3n) is 8.32. The third-order valence-corrected chi connectivity index (χ3v) is 9.01. The molecule has 0 aliphatic carbocycles. The number of benzene rings is 1. The molecule has 3 heterocycles. The number of nitrogens with two attached hydrogens (primary N) is 1. The Morgan fingerprint density at radius 2 is 1.95 bits per heavy atom. The van der Waals surface area contributed by atoms with Gasteiger partial charge in [-0.15, -0.1) is 11.8 Å². The van der Waals surface area contributed by atoms with Gasteiger partial charge in [0.05, 0.1) is 11.6 Å². The van der Waals surface area contributed by atoms with Gasteiger partial charge in [0.15, 0.2) is 5.76 Å². The van der Waals surface area contributed by atoms with Crippen molar-refractivity contribution in [1.29, 1.82) is 0 Å². The Morgan fingerprint density at radius 1 is 1.20 bits per heavy atom. The summed E-state index contributed by atoms with van der Waals surface area (Å²) in [7, 11) is 0. The van der Waals surface area contributed by atoms with E-state index in [2.05, 4.69) is 20.6 Å². The van der Waals surface area contributed by atoms with Crippen LogP contribution in [-0.2, 0) is 21.4 Å². The van der Waals surface area contributed by atoms with Crippen LogP contribution in [-0.4, -0.2) is 77.4 Å². The molecule has 238 valence electrons. The van der Waals surface area contributed by atoms with E-state index < -0.39 is 41.4 Å². The molecule has 4 rings (SSSR count). The first-order valence-electron chi connectivity index (χ1n) is 14.5. The van der Waals surface area contributed by atoms with Crippen molar-refractivity contribution in [3.63, 3.8) is 0 Å². The first kappa shape index (κ1) is 33.5. The molecule has 1 aliphatic rings. The number of carbonyl (C=O) groups excluding carboxylic acids is 2. The predicted octanol–water partition coefficient (Wildman–Crippen LogP) is 4.18. The van der Waals surface area contributed by atoms with Crippen LogP contribution in [0.15, 0.2) is 64.3 Å². The Bertz CT molecular complexity index is 1420. The minimum atomic E-state index is -4.59. The Labute approximate surface area is 259 Å². The number of piperazine rings is 1. The molecule has 13 heteroatoms. The van der Waals surface area contributed by atoms with E-state index in [1.165, 1.54) is 11.8 Å². The van der Waals surface area contributed by atoms with Gasteiger partial charge in [-0.25, -0.2) is 4.98 Å². The lowest BCUT2D eigenvalue weighted by Crippen LogP contribution is -2.75. The second-order valence-electron chi connectivity index (χ2n) is 11.5. The van der Waals surface area contributed by atoms with Crippen molar-refractivity contribution in [3.8, 4) is 11.3 Å². The minimum Gasteiger partial charge on any atom is -0.440 e. The van der Waals surface area contributed by atoms with E-state index in [0.29, 0.717) is 50.2 Å². The van der Waals surface area contributed by atoms with E-state index in [4.69, 9.17) is 10.2 Å². The Morgan fingerprint density at radius 3 is 2.64 bits per heavy atom. The Balaban J connectivity index is 1.64. The molecule has 0 spiro atoms. The van der Waals surface area contributed by atoms with Crippen molar-refractivity contribution in [3.05, 3.63) is 66.4 Å². The van der Waals surface area contributed by atoms with Gasteiger partial charge in [-0.05, 0) is 57.5 Å². The number of halogens is 3. The van der Waals surface area contributed by atoms with Gasteiger partial charge in [0, 0.05) is 48.4 Å². The predicted molar refractivity (Wildman–Crippen MR) is 163 cm³/mol. The van der Waals surface area contributed by atoms with Crippen molar-refractivity contribution < 1.29 is 27.2 Å². The van der Waals surface area contributed by atoms with Gasteiger partial charge in [-0.3, -0.25) is 19.5 Å². The lowest BCUT2D eigenvalue weighted by atomic mass is 9.68. The maximum atomic E-state index is 14.0. The average molecular weight is 633 g/mol. The van der Waals surface area contributed by atoms with Gasteiger partial charge in [0.25, 0.3) is 0 Å². The molecule has 1 aliphatic heterocycles. The number of rotatable bonds is 13. The van der Waals surface area contributed by atoms with E-state index in [0.717, 1.165) is 10.5 Å². The highest BCUT2D eigenvalue weighted by Crippen LogP contribution is 2.42. The summed E-state index contributed by atoms with van der Waals surface area (Å²) in [5, 5.41) is 5.36.